The van der Waals surface area contributed by atoms with Crippen LogP contribution in [0, 0.1) is 5.92 Å². The Morgan fingerprint density at radius 1 is 1.21 bits per heavy atom. The Bertz CT molecular complexity index is 571. The number of hydrogen-bond acceptors (Lipinski definition) is 4. The molecule has 0 aliphatic carbocycles. The van der Waals surface area contributed by atoms with Crippen molar-refractivity contribution in [3.05, 3.63) is 12.5 Å². The van der Waals surface area contributed by atoms with E-state index < -0.39 is 12.1 Å². The van der Waals surface area contributed by atoms with Gasteiger partial charge in [-0.3, -0.25) is 0 Å². The van der Waals surface area contributed by atoms with Crippen LogP contribution in [-0.2, 0) is 0 Å². The Morgan fingerprint density at radius 3 is 2.63 bits per heavy atom. The molecular formula is C11H12F3N5. The second-order valence-electron chi connectivity index (χ2n) is 4.61. The molecule has 2 aromatic rings. The van der Waals surface area contributed by atoms with E-state index in [1.807, 2.05) is 0 Å². The van der Waals surface area contributed by atoms with Crippen LogP contribution in [0.2, 0.25) is 0 Å². The van der Waals surface area contributed by atoms with Gasteiger partial charge >= 0.3 is 6.18 Å². The predicted octanol–water partition coefficient (Wildman–Crippen LogP) is 2.13. The lowest BCUT2D eigenvalue weighted by Crippen LogP contribution is -2.39. The third-order valence-electron chi connectivity index (χ3n) is 3.40. The molecule has 0 saturated carbocycles. The lowest BCUT2D eigenvalue weighted by molar-refractivity contribution is -0.179. The monoisotopic (exact) mass is 271 g/mol. The molecular weight excluding hydrogens is 259 g/mol. The molecule has 1 N–H and O–H groups in total. The maximum Gasteiger partial charge on any atom is 0.391 e. The first-order valence-electron chi connectivity index (χ1n) is 6.02. The zero-order valence-corrected chi connectivity index (χ0v) is 9.98. The first-order valence-corrected chi connectivity index (χ1v) is 6.02. The smallest absolute Gasteiger partial charge is 0.342 e. The number of fused-ring (bicyclic) bond motifs is 1. The number of aromatic nitrogens is 4. The summed E-state index contributed by atoms with van der Waals surface area (Å²) in [7, 11) is 0. The summed E-state index contributed by atoms with van der Waals surface area (Å²) >= 11 is 0. The summed E-state index contributed by atoms with van der Waals surface area (Å²) in [6.45, 7) is 0.639. The van der Waals surface area contributed by atoms with Gasteiger partial charge in [0, 0.05) is 13.1 Å². The van der Waals surface area contributed by atoms with Crippen LogP contribution >= 0.6 is 0 Å². The molecule has 0 amide bonds. The van der Waals surface area contributed by atoms with Gasteiger partial charge in [0.25, 0.3) is 0 Å². The Labute approximate surface area is 106 Å². The highest BCUT2D eigenvalue weighted by atomic mass is 19.4. The number of rotatable bonds is 1. The lowest BCUT2D eigenvalue weighted by Gasteiger charge is -2.32. The summed E-state index contributed by atoms with van der Waals surface area (Å²) in [5.74, 6) is -0.766. The third kappa shape index (κ3) is 2.34. The average molecular weight is 271 g/mol. The van der Waals surface area contributed by atoms with E-state index in [9.17, 15) is 13.2 Å². The lowest BCUT2D eigenvalue weighted by atomic mass is 9.96. The molecule has 5 nitrogen and oxygen atoms in total. The predicted molar refractivity (Wildman–Crippen MR) is 62.7 cm³/mol. The van der Waals surface area contributed by atoms with E-state index in [0.717, 1.165) is 0 Å². The molecule has 1 aliphatic rings. The maximum absolute atomic E-state index is 12.6. The molecule has 102 valence electrons. The normalized spacial score (nSPS) is 18.2. The van der Waals surface area contributed by atoms with Crippen molar-refractivity contribution in [1.29, 1.82) is 0 Å². The van der Waals surface area contributed by atoms with E-state index in [1.165, 1.54) is 6.33 Å². The number of imidazole rings is 1. The Hall–Kier alpha value is -1.86. The summed E-state index contributed by atoms with van der Waals surface area (Å²) in [6.07, 6.45) is -0.810. The van der Waals surface area contributed by atoms with E-state index in [-0.39, 0.29) is 12.8 Å². The van der Waals surface area contributed by atoms with Crippen LogP contribution in [-0.4, -0.2) is 39.2 Å². The van der Waals surface area contributed by atoms with Crippen LogP contribution in [0.25, 0.3) is 11.2 Å². The minimum absolute atomic E-state index is 0.0888. The molecule has 1 aliphatic heterocycles. The van der Waals surface area contributed by atoms with Crippen LogP contribution in [0.3, 0.4) is 0 Å². The van der Waals surface area contributed by atoms with Crippen molar-refractivity contribution in [2.24, 2.45) is 5.92 Å². The Kier molecular flexibility index (Phi) is 2.79. The SMILES string of the molecule is FC(F)(F)C1CCN(c2ncc3[nH]cnc3n2)CC1. The molecule has 0 atom stereocenters. The van der Waals surface area contributed by atoms with Crippen LogP contribution in [0.4, 0.5) is 19.1 Å². The van der Waals surface area contributed by atoms with Gasteiger partial charge in [0.05, 0.1) is 18.4 Å². The quantitative estimate of drug-likeness (QED) is 0.863. The van der Waals surface area contributed by atoms with Crippen molar-refractivity contribution in [1.82, 2.24) is 19.9 Å². The number of piperidine rings is 1. The zero-order chi connectivity index (χ0) is 13.5. The van der Waals surface area contributed by atoms with E-state index in [4.69, 9.17) is 0 Å². The molecule has 8 heteroatoms. The van der Waals surface area contributed by atoms with Crippen LogP contribution in [0.1, 0.15) is 12.8 Å². The summed E-state index contributed by atoms with van der Waals surface area (Å²) in [4.78, 5) is 17.1. The molecule has 0 radical (unpaired) electrons. The standard InChI is InChI=1S/C11H12F3N5/c12-11(13,14)7-1-3-19(4-2-7)10-15-5-8-9(18-10)17-6-16-8/h5-7H,1-4H2,(H,15,16,17,18). The molecule has 3 rings (SSSR count). The molecule has 0 bridgehead atoms. The highest BCUT2D eigenvalue weighted by Gasteiger charge is 2.41. The van der Waals surface area contributed by atoms with E-state index in [1.54, 1.807) is 11.1 Å². The van der Waals surface area contributed by atoms with Crippen LogP contribution in [0.5, 0.6) is 0 Å². The summed E-state index contributed by atoms with van der Waals surface area (Å²) in [6, 6.07) is 0. The van der Waals surface area contributed by atoms with Crippen LogP contribution < -0.4 is 4.90 Å². The van der Waals surface area contributed by atoms with Crippen molar-refractivity contribution in [2.45, 2.75) is 19.0 Å². The fraction of sp³-hybridized carbons (Fsp3) is 0.545. The van der Waals surface area contributed by atoms with Crippen LogP contribution in [0.15, 0.2) is 12.5 Å². The number of halogens is 3. The first-order chi connectivity index (χ1) is 9.04. The maximum atomic E-state index is 12.6. The molecule has 1 saturated heterocycles. The summed E-state index contributed by atoms with van der Waals surface area (Å²) in [5, 5.41) is 0. The van der Waals surface area contributed by atoms with Crippen molar-refractivity contribution >= 4 is 17.1 Å². The average Bonchev–Trinajstić information content (AvgIpc) is 2.85. The fourth-order valence-corrected chi connectivity index (χ4v) is 2.29. The molecule has 19 heavy (non-hydrogen) atoms. The zero-order valence-electron chi connectivity index (χ0n) is 9.98. The number of H-pyrrole nitrogens is 1. The van der Waals surface area contributed by atoms with Gasteiger partial charge in [-0.05, 0) is 12.8 Å². The van der Waals surface area contributed by atoms with Gasteiger partial charge in [-0.2, -0.15) is 18.2 Å². The van der Waals surface area contributed by atoms with Gasteiger partial charge in [0.2, 0.25) is 5.95 Å². The van der Waals surface area contributed by atoms with Gasteiger partial charge in [-0.1, -0.05) is 0 Å². The minimum Gasteiger partial charge on any atom is -0.342 e. The van der Waals surface area contributed by atoms with Gasteiger partial charge in [0.15, 0.2) is 5.65 Å². The van der Waals surface area contributed by atoms with Crippen molar-refractivity contribution in [3.63, 3.8) is 0 Å². The van der Waals surface area contributed by atoms with Gasteiger partial charge in [-0.15, -0.1) is 0 Å². The van der Waals surface area contributed by atoms with E-state index >= 15 is 0 Å². The molecule has 0 spiro atoms. The van der Waals surface area contributed by atoms with Gasteiger partial charge in [-0.25, -0.2) is 9.97 Å². The second kappa shape index (κ2) is 4.36. The van der Waals surface area contributed by atoms with Crippen molar-refractivity contribution in [2.75, 3.05) is 18.0 Å². The molecule has 3 heterocycles. The Balaban J connectivity index is 1.74. The van der Waals surface area contributed by atoms with Crippen molar-refractivity contribution < 1.29 is 13.2 Å². The molecule has 0 aromatic carbocycles. The van der Waals surface area contributed by atoms with Gasteiger partial charge < -0.3 is 9.88 Å². The molecule has 0 unspecified atom stereocenters. The molecule has 2 aromatic heterocycles. The third-order valence-corrected chi connectivity index (χ3v) is 3.40. The molecule has 1 fully saturated rings. The number of aromatic amines is 1. The topological polar surface area (TPSA) is 57.7 Å². The number of anilines is 1. The highest BCUT2D eigenvalue weighted by molar-refractivity contribution is 5.69. The summed E-state index contributed by atoms with van der Waals surface area (Å²) < 4.78 is 37.7. The van der Waals surface area contributed by atoms with Gasteiger partial charge in [0.1, 0.15) is 5.52 Å². The highest BCUT2D eigenvalue weighted by Crippen LogP contribution is 2.34. The second-order valence-corrected chi connectivity index (χ2v) is 4.61. The number of nitrogens with zero attached hydrogens (tertiary/aromatic N) is 4. The first kappa shape index (κ1) is 12.2. The summed E-state index contributed by atoms with van der Waals surface area (Å²) in [5.41, 5.74) is 1.25. The number of nitrogens with one attached hydrogen (secondary N) is 1. The number of hydrogen-bond donors (Lipinski definition) is 1. The van der Waals surface area contributed by atoms with E-state index in [0.29, 0.717) is 30.2 Å². The van der Waals surface area contributed by atoms with E-state index in [2.05, 4.69) is 19.9 Å². The Morgan fingerprint density at radius 2 is 1.95 bits per heavy atom. The minimum atomic E-state index is -4.10. The fourth-order valence-electron chi connectivity index (χ4n) is 2.29. The van der Waals surface area contributed by atoms with Crippen molar-refractivity contribution in [3.8, 4) is 0 Å². The largest absolute Gasteiger partial charge is 0.391 e. The number of alkyl halides is 3.